The molecule has 0 N–H and O–H groups in total. The fourth-order valence-electron chi connectivity index (χ4n) is 1.55. The van der Waals surface area contributed by atoms with Crippen molar-refractivity contribution in [2.45, 2.75) is 32.4 Å². The molecule has 0 radical (unpaired) electrons. The molecule has 0 aromatic carbocycles. The number of halogens is 2. The van der Waals surface area contributed by atoms with Crippen LogP contribution in [0.4, 0.5) is 4.39 Å². The normalized spacial score (nSPS) is 41.7. The van der Waals surface area contributed by atoms with Crippen LogP contribution in [0.2, 0.25) is 0 Å². The van der Waals surface area contributed by atoms with Gasteiger partial charge in [0.2, 0.25) is 0 Å². The average Bonchev–Trinajstić information content (AvgIpc) is 1.88. The van der Waals surface area contributed by atoms with Crippen LogP contribution in [-0.2, 0) is 0 Å². The highest BCUT2D eigenvalue weighted by Crippen LogP contribution is 2.31. The lowest BCUT2D eigenvalue weighted by Gasteiger charge is -2.28. The monoisotopic (exact) mass is 256 g/mol. The highest BCUT2D eigenvalue weighted by Gasteiger charge is 2.27. The molecule has 1 aliphatic carbocycles. The van der Waals surface area contributed by atoms with E-state index in [2.05, 4.69) is 29.5 Å². The Hall–Kier alpha value is 0.660. The summed E-state index contributed by atoms with van der Waals surface area (Å²) in [5.41, 5.74) is 0. The highest BCUT2D eigenvalue weighted by atomic mass is 127. The molecule has 2 unspecified atom stereocenters. The van der Waals surface area contributed by atoms with E-state index in [4.69, 9.17) is 0 Å². The summed E-state index contributed by atoms with van der Waals surface area (Å²) in [6.07, 6.45) is 2.62. The van der Waals surface area contributed by atoms with E-state index in [1.165, 1.54) is 6.42 Å². The minimum atomic E-state index is -0.513. The summed E-state index contributed by atoms with van der Waals surface area (Å²) in [5, 5.41) is 0. The van der Waals surface area contributed by atoms with Gasteiger partial charge in [-0.25, -0.2) is 4.39 Å². The smallest absolute Gasteiger partial charge is 0.104 e. The molecule has 0 heterocycles. The van der Waals surface area contributed by atoms with Gasteiger partial charge in [0.05, 0.1) is 0 Å². The van der Waals surface area contributed by atoms with Crippen molar-refractivity contribution in [3.63, 3.8) is 0 Å². The molecule has 10 heavy (non-hydrogen) atoms. The van der Waals surface area contributed by atoms with Gasteiger partial charge >= 0.3 is 0 Å². The number of alkyl halides is 2. The molecular formula is C8H14FI. The van der Waals surface area contributed by atoms with E-state index in [1.54, 1.807) is 0 Å². The van der Waals surface area contributed by atoms with Crippen molar-refractivity contribution in [3.8, 4) is 0 Å². The number of hydrogen-bond acceptors (Lipinski definition) is 0. The van der Waals surface area contributed by atoms with Gasteiger partial charge < -0.3 is 0 Å². The second-order valence-corrected chi connectivity index (χ2v) is 4.23. The largest absolute Gasteiger partial charge is 0.247 e. The highest BCUT2D eigenvalue weighted by molar-refractivity contribution is 14.1. The molecule has 1 fully saturated rings. The van der Waals surface area contributed by atoms with Crippen LogP contribution in [0.5, 0.6) is 0 Å². The van der Waals surface area contributed by atoms with Crippen molar-refractivity contribution in [2.24, 2.45) is 11.8 Å². The van der Waals surface area contributed by atoms with Gasteiger partial charge in [-0.2, -0.15) is 0 Å². The fourth-order valence-corrected chi connectivity index (χ4v) is 2.54. The first-order valence-corrected chi connectivity index (χ1v) is 5.46. The zero-order valence-corrected chi connectivity index (χ0v) is 8.47. The summed E-state index contributed by atoms with van der Waals surface area (Å²) in [6.45, 7) is 2.15. The molecule has 2 heteroatoms. The van der Waals surface area contributed by atoms with Crippen molar-refractivity contribution in [1.82, 2.24) is 0 Å². The van der Waals surface area contributed by atoms with Gasteiger partial charge in [-0.1, -0.05) is 35.9 Å². The van der Waals surface area contributed by atoms with Crippen LogP contribution in [0.15, 0.2) is 0 Å². The topological polar surface area (TPSA) is 0 Å². The third-order valence-electron chi connectivity index (χ3n) is 2.37. The van der Waals surface area contributed by atoms with Crippen LogP contribution < -0.4 is 0 Å². The second kappa shape index (κ2) is 3.88. The maximum absolute atomic E-state index is 13.1. The molecule has 60 valence electrons. The Kier molecular flexibility index (Phi) is 3.40. The Bertz CT molecular complexity index is 105. The Morgan fingerprint density at radius 1 is 1.50 bits per heavy atom. The van der Waals surface area contributed by atoms with Crippen LogP contribution in [0, 0.1) is 11.8 Å². The Morgan fingerprint density at radius 3 is 2.70 bits per heavy atom. The zero-order chi connectivity index (χ0) is 7.56. The molecule has 0 aliphatic heterocycles. The van der Waals surface area contributed by atoms with E-state index >= 15 is 0 Å². The summed E-state index contributed by atoms with van der Waals surface area (Å²) in [4.78, 5) is 0. The van der Waals surface area contributed by atoms with Crippen molar-refractivity contribution in [3.05, 3.63) is 0 Å². The van der Waals surface area contributed by atoms with Crippen molar-refractivity contribution < 1.29 is 4.39 Å². The lowest BCUT2D eigenvalue weighted by atomic mass is 9.83. The van der Waals surface area contributed by atoms with Crippen LogP contribution in [0.1, 0.15) is 26.2 Å². The fraction of sp³-hybridized carbons (Fsp3) is 1.00. The first-order chi connectivity index (χ1) is 4.74. The third-order valence-corrected chi connectivity index (χ3v) is 3.50. The molecule has 1 rings (SSSR count). The van der Waals surface area contributed by atoms with Crippen molar-refractivity contribution in [2.75, 3.05) is 4.43 Å². The second-order valence-electron chi connectivity index (χ2n) is 3.35. The molecule has 1 saturated carbocycles. The Balaban J connectivity index is 2.36. The minimum Gasteiger partial charge on any atom is -0.247 e. The summed E-state index contributed by atoms with van der Waals surface area (Å²) < 4.78 is 14.1. The Morgan fingerprint density at radius 2 is 2.20 bits per heavy atom. The van der Waals surface area contributed by atoms with Crippen molar-refractivity contribution >= 4 is 22.6 Å². The minimum absolute atomic E-state index is 0.358. The molecule has 0 aromatic heterocycles. The first kappa shape index (κ1) is 8.75. The van der Waals surface area contributed by atoms with E-state index in [9.17, 15) is 4.39 Å². The maximum atomic E-state index is 13.1. The molecule has 1 aliphatic rings. The zero-order valence-electron chi connectivity index (χ0n) is 6.32. The first-order valence-electron chi connectivity index (χ1n) is 3.94. The standard InChI is InChI=1S/C8H14FI/c1-6-2-3-7(5-10)8(9)4-6/h6-8H,2-5H2,1H3/t6?,7-,8?/m1/s1. The SMILES string of the molecule is CC1CC[C@H](CI)C(F)C1. The quantitative estimate of drug-likeness (QED) is 0.499. The van der Waals surface area contributed by atoms with Crippen LogP contribution in [-0.4, -0.2) is 10.6 Å². The molecule has 0 aromatic rings. The molecule has 3 atom stereocenters. The van der Waals surface area contributed by atoms with E-state index in [-0.39, 0.29) is 0 Å². The van der Waals surface area contributed by atoms with Gasteiger partial charge in [0, 0.05) is 4.43 Å². The molecule has 0 bridgehead atoms. The van der Waals surface area contributed by atoms with Gasteiger partial charge in [0.25, 0.3) is 0 Å². The average molecular weight is 256 g/mol. The van der Waals surface area contributed by atoms with Gasteiger partial charge in [0.1, 0.15) is 6.17 Å². The maximum Gasteiger partial charge on any atom is 0.104 e. The van der Waals surface area contributed by atoms with Gasteiger partial charge in [-0.15, -0.1) is 0 Å². The van der Waals surface area contributed by atoms with E-state index in [0.29, 0.717) is 11.8 Å². The summed E-state index contributed by atoms with van der Waals surface area (Å²) >= 11 is 2.29. The third kappa shape index (κ3) is 2.07. The summed E-state index contributed by atoms with van der Waals surface area (Å²) in [6, 6.07) is 0. The lowest BCUT2D eigenvalue weighted by molar-refractivity contribution is 0.149. The molecule has 0 amide bonds. The van der Waals surface area contributed by atoms with Gasteiger partial charge in [0.15, 0.2) is 0 Å². The molecule has 0 spiro atoms. The Labute approximate surface area is 75.7 Å². The molecular weight excluding hydrogens is 242 g/mol. The molecule has 0 saturated heterocycles. The number of rotatable bonds is 1. The van der Waals surface area contributed by atoms with E-state index in [1.807, 2.05) is 0 Å². The van der Waals surface area contributed by atoms with Crippen LogP contribution in [0.25, 0.3) is 0 Å². The van der Waals surface area contributed by atoms with E-state index < -0.39 is 6.17 Å². The summed E-state index contributed by atoms with van der Waals surface area (Å²) in [7, 11) is 0. The molecule has 0 nitrogen and oxygen atoms in total. The van der Waals surface area contributed by atoms with Gasteiger partial charge in [-0.05, 0) is 24.7 Å². The predicted molar refractivity (Wildman–Crippen MR) is 50.3 cm³/mol. The lowest BCUT2D eigenvalue weighted by Crippen LogP contribution is -2.25. The number of hydrogen-bond donors (Lipinski definition) is 0. The van der Waals surface area contributed by atoms with E-state index in [0.717, 1.165) is 17.3 Å². The summed E-state index contributed by atoms with van der Waals surface area (Å²) in [5.74, 6) is 0.978. The van der Waals surface area contributed by atoms with Crippen molar-refractivity contribution in [1.29, 1.82) is 0 Å². The van der Waals surface area contributed by atoms with Crippen LogP contribution in [0.3, 0.4) is 0 Å². The van der Waals surface area contributed by atoms with Gasteiger partial charge in [-0.3, -0.25) is 0 Å². The predicted octanol–water partition coefficient (Wildman–Crippen LogP) is 3.20. The van der Waals surface area contributed by atoms with Crippen LogP contribution >= 0.6 is 22.6 Å².